The van der Waals surface area contributed by atoms with Gasteiger partial charge in [-0.3, -0.25) is 10.1 Å². The van der Waals surface area contributed by atoms with Crippen LogP contribution in [0.2, 0.25) is 0 Å². The molecule has 0 radical (unpaired) electrons. The molecule has 2 aliphatic rings. The minimum Gasteiger partial charge on any atom is -0.489 e. The number of hydrogen-bond donors (Lipinski definition) is 2. The van der Waals surface area contributed by atoms with Crippen molar-refractivity contribution in [3.8, 4) is 5.75 Å². The first-order valence-corrected chi connectivity index (χ1v) is 9.57. The summed E-state index contributed by atoms with van der Waals surface area (Å²) in [5.41, 5.74) is 2.23. The van der Waals surface area contributed by atoms with E-state index in [1.807, 2.05) is 36.4 Å². The molecular weight excluding hydrogens is 372 g/mol. The van der Waals surface area contributed by atoms with Crippen LogP contribution in [0.25, 0.3) is 5.65 Å². The van der Waals surface area contributed by atoms with E-state index in [-0.39, 0.29) is 18.6 Å². The normalized spacial score (nSPS) is 21.9. The highest BCUT2D eigenvalue weighted by Gasteiger charge is 2.32. The van der Waals surface area contributed by atoms with Gasteiger partial charge in [0.05, 0.1) is 23.8 Å². The lowest BCUT2D eigenvalue weighted by molar-refractivity contribution is -0.122. The molecule has 0 spiro atoms. The number of amides is 3. The fourth-order valence-corrected chi connectivity index (χ4v) is 3.83. The molecule has 3 aromatic rings. The number of imidazole rings is 1. The molecule has 9 nitrogen and oxygen atoms in total. The summed E-state index contributed by atoms with van der Waals surface area (Å²) in [7, 11) is 0. The molecule has 5 rings (SSSR count). The molecule has 1 aromatic carbocycles. The van der Waals surface area contributed by atoms with E-state index >= 15 is 0 Å². The number of aromatic nitrogens is 3. The third-order valence-corrected chi connectivity index (χ3v) is 5.27. The highest BCUT2D eigenvalue weighted by Crippen LogP contribution is 2.29. The number of carbonyl (C=O) groups excluding carboxylic acids is 2. The minimum absolute atomic E-state index is 0.0706. The predicted octanol–water partition coefficient (Wildman–Crippen LogP) is 1.31. The Kier molecular flexibility index (Phi) is 4.27. The van der Waals surface area contributed by atoms with Gasteiger partial charge in [-0.05, 0) is 18.2 Å². The van der Waals surface area contributed by atoms with Crippen molar-refractivity contribution in [2.45, 2.75) is 18.4 Å². The van der Waals surface area contributed by atoms with Crippen LogP contribution in [-0.2, 0) is 4.79 Å². The highest BCUT2D eigenvalue weighted by atomic mass is 16.5. The summed E-state index contributed by atoms with van der Waals surface area (Å²) in [4.78, 5) is 30.3. The Morgan fingerprint density at radius 1 is 1.17 bits per heavy atom. The van der Waals surface area contributed by atoms with Crippen molar-refractivity contribution in [2.75, 3.05) is 24.5 Å². The number of ether oxygens (including phenoxy) is 1. The molecule has 2 saturated heterocycles. The first-order chi connectivity index (χ1) is 14.2. The van der Waals surface area contributed by atoms with Crippen LogP contribution in [0.1, 0.15) is 18.0 Å². The van der Waals surface area contributed by atoms with E-state index in [0.717, 1.165) is 30.0 Å². The summed E-state index contributed by atoms with van der Waals surface area (Å²) < 4.78 is 7.78. The molecule has 2 fully saturated rings. The number of nitrogens with zero attached hydrogens (tertiary/aromatic N) is 4. The van der Waals surface area contributed by atoms with E-state index in [4.69, 9.17) is 4.74 Å². The molecule has 4 heterocycles. The van der Waals surface area contributed by atoms with Crippen LogP contribution in [-0.4, -0.2) is 52.3 Å². The van der Waals surface area contributed by atoms with Gasteiger partial charge in [0, 0.05) is 31.9 Å². The van der Waals surface area contributed by atoms with Gasteiger partial charge in [-0.15, -0.1) is 0 Å². The van der Waals surface area contributed by atoms with Crippen LogP contribution in [0.4, 0.5) is 10.5 Å². The number of carbonyl (C=O) groups is 2. The average molecular weight is 392 g/mol. The second-order valence-corrected chi connectivity index (χ2v) is 7.19. The number of anilines is 1. The predicted molar refractivity (Wildman–Crippen MR) is 105 cm³/mol. The van der Waals surface area contributed by atoms with Crippen LogP contribution < -0.4 is 20.3 Å². The van der Waals surface area contributed by atoms with Crippen molar-refractivity contribution in [3.63, 3.8) is 0 Å². The molecule has 0 aliphatic carbocycles. The summed E-state index contributed by atoms with van der Waals surface area (Å²) in [5, 5.41) is 9.50. The summed E-state index contributed by atoms with van der Waals surface area (Å²) in [6.45, 7) is 1.75. The smallest absolute Gasteiger partial charge is 0.321 e. The number of fused-ring (bicyclic) bond motifs is 1. The van der Waals surface area contributed by atoms with Crippen molar-refractivity contribution in [1.82, 2.24) is 25.2 Å². The van der Waals surface area contributed by atoms with E-state index < -0.39 is 11.9 Å². The van der Waals surface area contributed by atoms with Gasteiger partial charge in [-0.1, -0.05) is 18.2 Å². The van der Waals surface area contributed by atoms with Gasteiger partial charge < -0.3 is 15.0 Å². The van der Waals surface area contributed by atoms with Gasteiger partial charge in [-0.25, -0.2) is 14.3 Å². The van der Waals surface area contributed by atoms with Crippen molar-refractivity contribution in [1.29, 1.82) is 0 Å². The molecule has 148 valence electrons. The van der Waals surface area contributed by atoms with Gasteiger partial charge in [-0.2, -0.15) is 5.10 Å². The lowest BCUT2D eigenvalue weighted by Gasteiger charge is -2.24. The molecular formula is C20H20N6O3. The average Bonchev–Trinajstić information content (AvgIpc) is 3.37. The Morgan fingerprint density at radius 2 is 2.03 bits per heavy atom. The number of benzene rings is 1. The maximum absolute atomic E-state index is 12.3. The number of hydrogen-bond acceptors (Lipinski definition) is 6. The van der Waals surface area contributed by atoms with Crippen molar-refractivity contribution in [3.05, 3.63) is 54.5 Å². The molecule has 9 heteroatoms. The fourth-order valence-electron chi connectivity index (χ4n) is 3.83. The number of nitrogens with one attached hydrogen (secondary N) is 2. The van der Waals surface area contributed by atoms with Crippen molar-refractivity contribution < 1.29 is 14.3 Å². The van der Waals surface area contributed by atoms with Crippen LogP contribution >= 0.6 is 0 Å². The maximum Gasteiger partial charge on any atom is 0.321 e. The maximum atomic E-state index is 12.3. The molecule has 0 saturated carbocycles. The Morgan fingerprint density at radius 3 is 2.86 bits per heavy atom. The summed E-state index contributed by atoms with van der Waals surface area (Å²) in [6.07, 6.45) is 4.41. The van der Waals surface area contributed by atoms with Gasteiger partial charge in [0.15, 0.2) is 5.65 Å². The van der Waals surface area contributed by atoms with Crippen molar-refractivity contribution >= 4 is 23.3 Å². The SMILES string of the molecule is O=C1NCC(c2cc(N3CCC(Oc4ccccc4)C3)c3nccn3n2)C(=O)N1. The Balaban J connectivity index is 1.42. The Bertz CT molecular complexity index is 1070. The molecule has 2 aliphatic heterocycles. The zero-order chi connectivity index (χ0) is 19.8. The third-order valence-electron chi connectivity index (χ3n) is 5.27. The molecule has 2 N–H and O–H groups in total. The standard InChI is InChI=1S/C20H20N6O3/c27-19-15(11-22-20(28)23-19)16-10-17(18-21-7-9-26(18)24-16)25-8-6-14(12-25)29-13-4-2-1-3-5-13/h1-5,7,9-10,14-15H,6,8,11-12H2,(H2,22,23,27,28). The quantitative estimate of drug-likeness (QED) is 0.694. The minimum atomic E-state index is -0.544. The number of para-hydroxylation sites is 1. The second kappa shape index (κ2) is 7.08. The van der Waals surface area contributed by atoms with Crippen LogP contribution in [0.3, 0.4) is 0 Å². The number of urea groups is 1. The summed E-state index contributed by atoms with van der Waals surface area (Å²) in [6, 6.07) is 11.2. The monoisotopic (exact) mass is 392 g/mol. The fraction of sp³-hybridized carbons (Fsp3) is 0.300. The Labute approximate surface area is 166 Å². The first-order valence-electron chi connectivity index (χ1n) is 9.57. The van der Waals surface area contributed by atoms with Gasteiger partial charge in [0.1, 0.15) is 11.9 Å². The largest absolute Gasteiger partial charge is 0.489 e. The summed E-state index contributed by atoms with van der Waals surface area (Å²) in [5.74, 6) is -0.0362. The lowest BCUT2D eigenvalue weighted by Crippen LogP contribution is -2.51. The van der Waals surface area contributed by atoms with E-state index in [1.54, 1.807) is 16.9 Å². The summed E-state index contributed by atoms with van der Waals surface area (Å²) >= 11 is 0. The van der Waals surface area contributed by atoms with Crippen LogP contribution in [0.15, 0.2) is 48.8 Å². The molecule has 2 atom stereocenters. The van der Waals surface area contributed by atoms with Crippen LogP contribution in [0, 0.1) is 0 Å². The molecule has 0 bridgehead atoms. The van der Waals surface area contributed by atoms with E-state index in [0.29, 0.717) is 12.2 Å². The van der Waals surface area contributed by atoms with Crippen molar-refractivity contribution in [2.24, 2.45) is 0 Å². The van der Waals surface area contributed by atoms with Gasteiger partial charge in [0.2, 0.25) is 5.91 Å². The lowest BCUT2D eigenvalue weighted by atomic mass is 10.0. The first kappa shape index (κ1) is 17.5. The molecule has 3 amide bonds. The van der Waals surface area contributed by atoms with Gasteiger partial charge >= 0.3 is 6.03 Å². The zero-order valence-corrected chi connectivity index (χ0v) is 15.6. The molecule has 29 heavy (non-hydrogen) atoms. The topological polar surface area (TPSA) is 101 Å². The van der Waals surface area contributed by atoms with Crippen LogP contribution in [0.5, 0.6) is 5.75 Å². The van der Waals surface area contributed by atoms with E-state index in [9.17, 15) is 9.59 Å². The number of imide groups is 1. The second-order valence-electron chi connectivity index (χ2n) is 7.19. The highest BCUT2D eigenvalue weighted by molar-refractivity contribution is 6.00. The number of rotatable bonds is 4. The zero-order valence-electron chi connectivity index (χ0n) is 15.6. The molecule has 2 aromatic heterocycles. The third kappa shape index (κ3) is 3.35. The Hall–Kier alpha value is -3.62. The van der Waals surface area contributed by atoms with E-state index in [2.05, 4.69) is 25.6 Å². The van der Waals surface area contributed by atoms with E-state index in [1.165, 1.54) is 0 Å². The van der Waals surface area contributed by atoms with Gasteiger partial charge in [0.25, 0.3) is 0 Å². The molecule has 2 unspecified atom stereocenters.